The molecular weight excluding hydrogens is 273 g/mol. The van der Waals surface area contributed by atoms with Crippen LogP contribution in [-0.2, 0) is 6.18 Å². The molecule has 1 rings (SSSR count). The van der Waals surface area contributed by atoms with E-state index in [1.54, 1.807) is 0 Å². The maximum absolute atomic E-state index is 12.6. The Morgan fingerprint density at radius 1 is 1.33 bits per heavy atom. The quantitative estimate of drug-likeness (QED) is 0.835. The largest absolute Gasteiger partial charge is 0.496 e. The number of hydrogen-bond donors (Lipinski definition) is 2. The van der Waals surface area contributed by atoms with Gasteiger partial charge in [-0.3, -0.25) is 0 Å². The van der Waals surface area contributed by atoms with Crippen LogP contribution in [0.1, 0.15) is 17.2 Å². The van der Waals surface area contributed by atoms with Crippen molar-refractivity contribution in [3.8, 4) is 5.75 Å². The van der Waals surface area contributed by atoms with Crippen molar-refractivity contribution in [1.29, 1.82) is 0 Å². The zero-order valence-electron chi connectivity index (χ0n) is 9.41. The van der Waals surface area contributed by atoms with Gasteiger partial charge >= 0.3 is 6.18 Å². The Labute approximate surface area is 107 Å². The lowest BCUT2D eigenvalue weighted by atomic mass is 10.0. The Morgan fingerprint density at radius 3 is 2.39 bits per heavy atom. The van der Waals surface area contributed by atoms with Crippen LogP contribution >= 0.6 is 11.6 Å². The normalized spacial score (nSPS) is 15.3. The van der Waals surface area contributed by atoms with Crippen molar-refractivity contribution in [2.45, 2.75) is 18.4 Å². The lowest BCUT2D eigenvalue weighted by Crippen LogP contribution is -2.20. The molecule has 0 saturated heterocycles. The zero-order valence-corrected chi connectivity index (χ0v) is 10.2. The van der Waals surface area contributed by atoms with E-state index < -0.39 is 29.7 Å². The smallest absolute Gasteiger partial charge is 0.419 e. The summed E-state index contributed by atoms with van der Waals surface area (Å²) >= 11 is 5.35. The molecule has 102 valence electrons. The fourth-order valence-electron chi connectivity index (χ4n) is 1.43. The summed E-state index contributed by atoms with van der Waals surface area (Å²) in [6.07, 6.45) is -7.16. The maximum atomic E-state index is 12.6. The molecule has 1 aromatic rings. The molecule has 0 aliphatic carbocycles. The van der Waals surface area contributed by atoms with Gasteiger partial charge in [-0.15, -0.1) is 11.6 Å². The lowest BCUT2D eigenvalue weighted by Gasteiger charge is -2.18. The topological polar surface area (TPSA) is 49.7 Å². The number of alkyl halides is 4. The molecule has 0 aromatic heterocycles. The number of hydrogen-bond acceptors (Lipinski definition) is 3. The van der Waals surface area contributed by atoms with E-state index in [2.05, 4.69) is 4.74 Å². The first kappa shape index (κ1) is 15.1. The zero-order chi connectivity index (χ0) is 13.9. The highest BCUT2D eigenvalue weighted by Gasteiger charge is 2.34. The van der Waals surface area contributed by atoms with Crippen molar-refractivity contribution >= 4 is 11.6 Å². The number of aliphatic hydroxyl groups excluding tert-OH is 2. The van der Waals surface area contributed by atoms with Gasteiger partial charge < -0.3 is 14.9 Å². The molecule has 0 aliphatic heterocycles. The van der Waals surface area contributed by atoms with Crippen LogP contribution in [0.4, 0.5) is 13.2 Å². The lowest BCUT2D eigenvalue weighted by molar-refractivity contribution is -0.138. The van der Waals surface area contributed by atoms with Crippen LogP contribution in [-0.4, -0.2) is 29.3 Å². The van der Waals surface area contributed by atoms with Crippen molar-refractivity contribution < 1.29 is 28.1 Å². The van der Waals surface area contributed by atoms with Crippen molar-refractivity contribution in [1.82, 2.24) is 0 Å². The molecule has 0 heterocycles. The third kappa shape index (κ3) is 3.28. The van der Waals surface area contributed by atoms with Crippen LogP contribution < -0.4 is 4.74 Å². The van der Waals surface area contributed by atoms with Gasteiger partial charge in [0.2, 0.25) is 0 Å². The Morgan fingerprint density at radius 2 is 1.94 bits per heavy atom. The predicted octanol–water partition coefficient (Wildman–Crippen LogP) is 2.35. The van der Waals surface area contributed by atoms with Crippen LogP contribution in [0.25, 0.3) is 0 Å². The van der Waals surface area contributed by atoms with E-state index >= 15 is 0 Å². The fourth-order valence-corrected chi connectivity index (χ4v) is 1.60. The molecule has 2 atom stereocenters. The Balaban J connectivity index is 3.13. The number of aliphatic hydroxyl groups is 2. The van der Waals surface area contributed by atoms with Gasteiger partial charge in [-0.05, 0) is 17.7 Å². The Hall–Kier alpha value is -0.980. The third-order valence-corrected chi connectivity index (χ3v) is 2.71. The Bertz CT molecular complexity index is 409. The number of methoxy groups -OCH3 is 1. The van der Waals surface area contributed by atoms with Crippen LogP contribution in [0.2, 0.25) is 0 Å². The summed E-state index contributed by atoms with van der Waals surface area (Å²) < 4.78 is 42.4. The van der Waals surface area contributed by atoms with E-state index in [-0.39, 0.29) is 11.4 Å². The van der Waals surface area contributed by atoms with E-state index in [9.17, 15) is 23.4 Å². The van der Waals surface area contributed by atoms with Gasteiger partial charge in [0, 0.05) is 0 Å². The van der Waals surface area contributed by atoms with E-state index in [1.807, 2.05) is 0 Å². The van der Waals surface area contributed by atoms with Gasteiger partial charge in [0.15, 0.2) is 0 Å². The van der Waals surface area contributed by atoms with Crippen LogP contribution in [0.15, 0.2) is 18.2 Å². The van der Waals surface area contributed by atoms with Crippen LogP contribution in [0.3, 0.4) is 0 Å². The average molecular weight is 285 g/mol. The van der Waals surface area contributed by atoms with Crippen molar-refractivity contribution in [2.75, 3.05) is 13.0 Å². The molecule has 3 nitrogen and oxygen atoms in total. The van der Waals surface area contributed by atoms with Crippen LogP contribution in [0.5, 0.6) is 5.75 Å². The predicted molar refractivity (Wildman–Crippen MR) is 59.7 cm³/mol. The monoisotopic (exact) mass is 284 g/mol. The average Bonchev–Trinajstić information content (AvgIpc) is 2.34. The van der Waals surface area contributed by atoms with Crippen LogP contribution in [0, 0.1) is 0 Å². The standard InChI is InChI=1S/C11H12ClF3O3/c1-18-9-4-6(10(17)8(16)5-12)2-3-7(9)11(13,14)15/h2-4,8,10,16-17H,5H2,1H3. The van der Waals surface area contributed by atoms with Crippen molar-refractivity contribution in [3.05, 3.63) is 29.3 Å². The molecule has 2 N–H and O–H groups in total. The second-order valence-electron chi connectivity index (χ2n) is 3.62. The number of ether oxygens (including phenoxy) is 1. The Kier molecular flexibility index (Phi) is 4.84. The minimum absolute atomic E-state index is 0.105. The number of halogens is 4. The molecule has 1 aromatic carbocycles. The first-order chi connectivity index (χ1) is 8.31. The maximum Gasteiger partial charge on any atom is 0.419 e. The van der Waals surface area contributed by atoms with Gasteiger partial charge in [-0.2, -0.15) is 13.2 Å². The van der Waals surface area contributed by atoms with E-state index in [4.69, 9.17) is 11.6 Å². The van der Waals surface area contributed by atoms with Gasteiger partial charge in [0.25, 0.3) is 0 Å². The summed E-state index contributed by atoms with van der Waals surface area (Å²) in [6, 6.07) is 2.90. The minimum atomic E-state index is -4.54. The van der Waals surface area contributed by atoms with Gasteiger partial charge in [0.05, 0.1) is 24.7 Å². The van der Waals surface area contributed by atoms with E-state index in [0.717, 1.165) is 25.3 Å². The number of benzene rings is 1. The fraction of sp³-hybridized carbons (Fsp3) is 0.455. The summed E-state index contributed by atoms with van der Waals surface area (Å²) in [6.45, 7) is 0. The molecule has 0 aliphatic rings. The summed E-state index contributed by atoms with van der Waals surface area (Å²) in [5, 5.41) is 19.0. The summed E-state index contributed by atoms with van der Waals surface area (Å²) in [4.78, 5) is 0. The van der Waals surface area contributed by atoms with Gasteiger partial charge in [-0.1, -0.05) is 6.07 Å². The van der Waals surface area contributed by atoms with E-state index in [1.165, 1.54) is 0 Å². The molecule has 0 spiro atoms. The highest BCUT2D eigenvalue weighted by Crippen LogP contribution is 2.37. The molecular formula is C11H12ClF3O3. The molecule has 0 bridgehead atoms. The minimum Gasteiger partial charge on any atom is -0.496 e. The molecule has 2 unspecified atom stereocenters. The summed E-state index contributed by atoms with van der Waals surface area (Å²) in [5.41, 5.74) is -0.839. The SMILES string of the molecule is COc1cc(C(O)C(O)CCl)ccc1C(F)(F)F. The van der Waals surface area contributed by atoms with Gasteiger partial charge in [0.1, 0.15) is 11.9 Å². The molecule has 0 fully saturated rings. The third-order valence-electron chi connectivity index (χ3n) is 2.40. The first-order valence-corrected chi connectivity index (χ1v) is 5.52. The van der Waals surface area contributed by atoms with Crippen molar-refractivity contribution in [2.24, 2.45) is 0 Å². The molecule has 0 radical (unpaired) electrons. The second-order valence-corrected chi connectivity index (χ2v) is 3.93. The van der Waals surface area contributed by atoms with Gasteiger partial charge in [-0.25, -0.2) is 0 Å². The van der Waals surface area contributed by atoms with Crippen molar-refractivity contribution in [3.63, 3.8) is 0 Å². The second kappa shape index (κ2) is 5.77. The van der Waals surface area contributed by atoms with E-state index in [0.29, 0.717) is 0 Å². The number of rotatable bonds is 4. The molecule has 7 heteroatoms. The summed E-state index contributed by atoms with van der Waals surface area (Å²) in [7, 11) is 1.10. The molecule has 0 saturated carbocycles. The highest BCUT2D eigenvalue weighted by molar-refractivity contribution is 6.18. The first-order valence-electron chi connectivity index (χ1n) is 4.98. The summed E-state index contributed by atoms with van der Waals surface area (Å²) in [5.74, 6) is -0.648. The molecule has 18 heavy (non-hydrogen) atoms. The molecule has 0 amide bonds. The highest BCUT2D eigenvalue weighted by atomic mass is 35.5.